The molecule has 0 fully saturated rings. The molecule has 0 spiro atoms. The van der Waals surface area contributed by atoms with Crippen molar-refractivity contribution in [2.24, 2.45) is 4.99 Å². The Morgan fingerprint density at radius 2 is 1.63 bits per heavy atom. The van der Waals surface area contributed by atoms with Crippen LogP contribution < -0.4 is 0 Å². The molecular weight excluding hydrogens is 230 g/mol. The number of aryl methyl sites for hydroxylation is 1. The van der Waals surface area contributed by atoms with Gasteiger partial charge in [0.05, 0.1) is 5.69 Å². The SMILES string of the molecule is CCCCc1ccc(/N=C(/C)c2ccccc2)cc1. The van der Waals surface area contributed by atoms with Crippen LogP contribution in [0.1, 0.15) is 37.8 Å². The normalized spacial score (nSPS) is 11.6. The molecule has 2 aromatic carbocycles. The topological polar surface area (TPSA) is 12.4 Å². The Hall–Kier alpha value is -1.89. The summed E-state index contributed by atoms with van der Waals surface area (Å²) in [6.45, 7) is 4.28. The highest BCUT2D eigenvalue weighted by Gasteiger charge is 1.97. The molecule has 0 saturated carbocycles. The Kier molecular flexibility index (Phi) is 4.91. The summed E-state index contributed by atoms with van der Waals surface area (Å²) in [5.74, 6) is 0. The number of rotatable bonds is 5. The molecule has 0 aromatic heterocycles. The molecule has 0 aliphatic rings. The average molecular weight is 251 g/mol. The lowest BCUT2D eigenvalue weighted by Gasteiger charge is -2.03. The highest BCUT2D eigenvalue weighted by molar-refractivity contribution is 6.00. The minimum absolute atomic E-state index is 1.03. The van der Waals surface area contributed by atoms with E-state index in [4.69, 9.17) is 0 Å². The maximum absolute atomic E-state index is 4.67. The minimum atomic E-state index is 1.03. The molecule has 0 saturated heterocycles. The summed E-state index contributed by atoms with van der Waals surface area (Å²) in [4.78, 5) is 4.67. The molecule has 0 aliphatic heterocycles. The summed E-state index contributed by atoms with van der Waals surface area (Å²) in [6, 6.07) is 18.9. The smallest absolute Gasteiger partial charge is 0.0633 e. The Bertz CT molecular complexity index is 523. The predicted molar refractivity (Wildman–Crippen MR) is 83.4 cm³/mol. The van der Waals surface area contributed by atoms with Gasteiger partial charge in [-0.2, -0.15) is 0 Å². The van der Waals surface area contributed by atoms with E-state index in [0.29, 0.717) is 0 Å². The second-order valence-electron chi connectivity index (χ2n) is 4.83. The van der Waals surface area contributed by atoms with Crippen LogP contribution in [0.25, 0.3) is 0 Å². The van der Waals surface area contributed by atoms with Gasteiger partial charge in [-0.3, -0.25) is 4.99 Å². The van der Waals surface area contributed by atoms with Crippen LogP contribution in [0.3, 0.4) is 0 Å². The van der Waals surface area contributed by atoms with E-state index in [0.717, 1.165) is 17.8 Å². The van der Waals surface area contributed by atoms with Crippen LogP contribution in [0.15, 0.2) is 59.6 Å². The van der Waals surface area contributed by atoms with Crippen LogP contribution in [-0.4, -0.2) is 5.71 Å². The molecule has 1 heteroatoms. The zero-order valence-electron chi connectivity index (χ0n) is 11.8. The van der Waals surface area contributed by atoms with E-state index in [2.05, 4.69) is 55.2 Å². The molecule has 0 aliphatic carbocycles. The van der Waals surface area contributed by atoms with Gasteiger partial charge in [-0.15, -0.1) is 0 Å². The van der Waals surface area contributed by atoms with Gasteiger partial charge >= 0.3 is 0 Å². The first-order chi connectivity index (χ1) is 9.29. The van der Waals surface area contributed by atoms with Crippen LogP contribution in [0.4, 0.5) is 5.69 Å². The van der Waals surface area contributed by atoms with Crippen LogP contribution >= 0.6 is 0 Å². The summed E-state index contributed by atoms with van der Waals surface area (Å²) in [5, 5.41) is 0. The van der Waals surface area contributed by atoms with Crippen molar-refractivity contribution in [1.82, 2.24) is 0 Å². The maximum atomic E-state index is 4.67. The van der Waals surface area contributed by atoms with Crippen molar-refractivity contribution in [3.8, 4) is 0 Å². The molecule has 19 heavy (non-hydrogen) atoms. The lowest BCUT2D eigenvalue weighted by atomic mass is 10.1. The number of unbranched alkanes of at least 4 members (excludes halogenated alkanes) is 1. The molecule has 0 heterocycles. The van der Waals surface area contributed by atoms with E-state index in [1.807, 2.05) is 18.2 Å². The first-order valence-corrected chi connectivity index (χ1v) is 6.99. The largest absolute Gasteiger partial charge is 0.253 e. The Balaban J connectivity index is 2.10. The van der Waals surface area contributed by atoms with Gasteiger partial charge < -0.3 is 0 Å². The molecule has 0 N–H and O–H groups in total. The van der Waals surface area contributed by atoms with Gasteiger partial charge in [0.1, 0.15) is 0 Å². The van der Waals surface area contributed by atoms with E-state index >= 15 is 0 Å². The monoisotopic (exact) mass is 251 g/mol. The van der Waals surface area contributed by atoms with Crippen molar-refractivity contribution in [3.05, 3.63) is 65.7 Å². The van der Waals surface area contributed by atoms with Crippen LogP contribution in [0, 0.1) is 0 Å². The van der Waals surface area contributed by atoms with Gasteiger partial charge in [0, 0.05) is 5.71 Å². The van der Waals surface area contributed by atoms with E-state index < -0.39 is 0 Å². The van der Waals surface area contributed by atoms with Gasteiger partial charge in [-0.05, 0) is 43.0 Å². The Morgan fingerprint density at radius 3 is 2.26 bits per heavy atom. The summed E-state index contributed by atoms with van der Waals surface area (Å²) in [7, 11) is 0. The summed E-state index contributed by atoms with van der Waals surface area (Å²) in [5.41, 5.74) is 4.67. The fourth-order valence-corrected chi connectivity index (χ4v) is 2.06. The molecule has 0 unspecified atom stereocenters. The standard InChI is InChI=1S/C18H21N/c1-3-4-8-16-11-13-18(14-12-16)19-15(2)17-9-6-5-7-10-17/h5-7,9-14H,3-4,8H2,1-2H3/b19-15-. The van der Waals surface area contributed by atoms with Gasteiger partial charge in [-0.1, -0.05) is 55.8 Å². The number of hydrogen-bond donors (Lipinski definition) is 0. The molecule has 0 amide bonds. The van der Waals surface area contributed by atoms with E-state index in [1.54, 1.807) is 0 Å². The van der Waals surface area contributed by atoms with Crippen molar-refractivity contribution < 1.29 is 0 Å². The average Bonchev–Trinajstić information content (AvgIpc) is 2.47. The molecule has 2 aromatic rings. The zero-order chi connectivity index (χ0) is 13.5. The molecule has 0 atom stereocenters. The molecule has 98 valence electrons. The number of aliphatic imine (C=N–C) groups is 1. The predicted octanol–water partition coefficient (Wildman–Crippen LogP) is 5.17. The number of hydrogen-bond acceptors (Lipinski definition) is 1. The second-order valence-corrected chi connectivity index (χ2v) is 4.83. The fraction of sp³-hybridized carbons (Fsp3) is 0.278. The van der Waals surface area contributed by atoms with Crippen molar-refractivity contribution in [1.29, 1.82) is 0 Å². The molecule has 0 bridgehead atoms. The van der Waals surface area contributed by atoms with Gasteiger partial charge in [-0.25, -0.2) is 0 Å². The third-order valence-corrected chi connectivity index (χ3v) is 3.24. The van der Waals surface area contributed by atoms with Crippen LogP contribution in [0.5, 0.6) is 0 Å². The van der Waals surface area contributed by atoms with Gasteiger partial charge in [0.2, 0.25) is 0 Å². The molecular formula is C18H21N. The first-order valence-electron chi connectivity index (χ1n) is 6.99. The summed E-state index contributed by atoms with van der Waals surface area (Å²) in [6.07, 6.45) is 3.66. The van der Waals surface area contributed by atoms with Gasteiger partial charge in [0.25, 0.3) is 0 Å². The zero-order valence-corrected chi connectivity index (χ0v) is 11.8. The summed E-state index contributed by atoms with van der Waals surface area (Å²) >= 11 is 0. The van der Waals surface area contributed by atoms with Crippen LogP contribution in [0.2, 0.25) is 0 Å². The Morgan fingerprint density at radius 1 is 0.947 bits per heavy atom. The van der Waals surface area contributed by atoms with Crippen LogP contribution in [-0.2, 0) is 6.42 Å². The third kappa shape index (κ3) is 4.06. The lowest BCUT2D eigenvalue weighted by Crippen LogP contribution is -1.92. The molecule has 2 rings (SSSR count). The third-order valence-electron chi connectivity index (χ3n) is 3.24. The molecule has 0 radical (unpaired) electrons. The van der Waals surface area contributed by atoms with Crippen molar-refractivity contribution in [2.45, 2.75) is 33.1 Å². The second kappa shape index (κ2) is 6.89. The summed E-state index contributed by atoms with van der Waals surface area (Å²) < 4.78 is 0. The van der Waals surface area contributed by atoms with E-state index in [1.165, 1.54) is 24.0 Å². The highest BCUT2D eigenvalue weighted by Crippen LogP contribution is 2.16. The first kappa shape index (κ1) is 13.5. The van der Waals surface area contributed by atoms with Gasteiger partial charge in [0.15, 0.2) is 0 Å². The van der Waals surface area contributed by atoms with Crippen molar-refractivity contribution in [2.75, 3.05) is 0 Å². The molecule has 1 nitrogen and oxygen atoms in total. The maximum Gasteiger partial charge on any atom is 0.0633 e. The Labute approximate surface area is 116 Å². The quantitative estimate of drug-likeness (QED) is 0.650. The highest BCUT2D eigenvalue weighted by atomic mass is 14.7. The lowest BCUT2D eigenvalue weighted by molar-refractivity contribution is 0.795. The van der Waals surface area contributed by atoms with Crippen molar-refractivity contribution in [3.63, 3.8) is 0 Å². The minimum Gasteiger partial charge on any atom is -0.253 e. The fourth-order valence-electron chi connectivity index (χ4n) is 2.06. The van der Waals surface area contributed by atoms with E-state index in [9.17, 15) is 0 Å². The van der Waals surface area contributed by atoms with Crippen molar-refractivity contribution >= 4 is 11.4 Å². The van der Waals surface area contributed by atoms with E-state index in [-0.39, 0.29) is 0 Å². The number of benzene rings is 2. The number of nitrogens with zero attached hydrogens (tertiary/aromatic N) is 1.